The summed E-state index contributed by atoms with van der Waals surface area (Å²) in [6.07, 6.45) is 0.502. The first kappa shape index (κ1) is 22.7. The molecule has 0 atom stereocenters. The van der Waals surface area contributed by atoms with Crippen LogP contribution in [0.5, 0.6) is 5.75 Å². The number of para-hydroxylation sites is 1. The first-order valence-electron chi connectivity index (χ1n) is 10.8. The van der Waals surface area contributed by atoms with Gasteiger partial charge < -0.3 is 10.2 Å². The molecule has 0 bridgehead atoms. The Hall–Kier alpha value is -4.46. The van der Waals surface area contributed by atoms with E-state index in [1.165, 1.54) is 17.1 Å². The highest BCUT2D eigenvalue weighted by atomic mass is 16.4. The molecule has 1 aliphatic rings. The fraction of sp³-hybridized carbons (Fsp3) is 0.154. The van der Waals surface area contributed by atoms with Crippen LogP contribution in [0.15, 0.2) is 70.9 Å². The molecule has 34 heavy (non-hydrogen) atoms. The summed E-state index contributed by atoms with van der Waals surface area (Å²) in [4.78, 5) is 24.4. The van der Waals surface area contributed by atoms with E-state index in [4.69, 9.17) is 0 Å². The number of nitrogens with one attached hydrogen (secondary N) is 1. The molecule has 0 radical (unpaired) electrons. The van der Waals surface area contributed by atoms with E-state index in [1.807, 2.05) is 39.0 Å². The number of aryl methyl sites for hydroxylation is 2. The average molecular weight is 457 g/mol. The summed E-state index contributed by atoms with van der Waals surface area (Å²) in [5, 5.41) is 30.1. The molecule has 1 aliphatic heterocycles. The van der Waals surface area contributed by atoms with E-state index in [-0.39, 0.29) is 28.6 Å². The van der Waals surface area contributed by atoms with Gasteiger partial charge >= 0.3 is 11.9 Å². The first-order valence-corrected chi connectivity index (χ1v) is 10.8. The number of phenolic OH excluding ortho intramolecular Hbond substituents is 1. The van der Waals surface area contributed by atoms with Crippen molar-refractivity contribution in [2.45, 2.75) is 27.2 Å². The molecule has 8 nitrogen and oxygen atoms in total. The van der Waals surface area contributed by atoms with Crippen molar-refractivity contribution in [1.29, 1.82) is 0 Å². The van der Waals surface area contributed by atoms with Gasteiger partial charge in [0, 0.05) is 5.56 Å². The Bertz CT molecular complexity index is 1360. The third-order valence-corrected chi connectivity index (χ3v) is 5.70. The van der Waals surface area contributed by atoms with Crippen LogP contribution in [0.1, 0.15) is 34.8 Å². The topological polar surface area (TPSA) is 115 Å². The number of aromatic hydroxyl groups is 1. The lowest BCUT2D eigenvalue weighted by molar-refractivity contribution is -0.112. The second-order valence-corrected chi connectivity index (χ2v) is 7.95. The molecule has 3 aromatic carbocycles. The predicted octanol–water partition coefficient (Wildman–Crippen LogP) is 4.95. The summed E-state index contributed by atoms with van der Waals surface area (Å²) in [5.74, 6) is -1.53. The van der Waals surface area contributed by atoms with Crippen molar-refractivity contribution in [3.8, 4) is 16.9 Å². The number of carbonyl (C=O) groups is 2. The SMILES string of the molecule is CCC1=NN(c2ccc(C)c(C)c2)C(=O)C1=NNc1cccc(-c2cccc(C(=O)O)c2)c1O. The third-order valence-electron chi connectivity index (χ3n) is 5.70. The van der Waals surface area contributed by atoms with Crippen LogP contribution in [0.2, 0.25) is 0 Å². The second-order valence-electron chi connectivity index (χ2n) is 7.95. The number of hydrogen-bond acceptors (Lipinski definition) is 6. The predicted molar refractivity (Wildman–Crippen MR) is 133 cm³/mol. The molecule has 1 heterocycles. The highest BCUT2D eigenvalue weighted by Gasteiger charge is 2.32. The monoisotopic (exact) mass is 456 g/mol. The maximum Gasteiger partial charge on any atom is 0.335 e. The Morgan fingerprint density at radius 3 is 2.53 bits per heavy atom. The van der Waals surface area contributed by atoms with Crippen LogP contribution in [0, 0.1) is 13.8 Å². The normalized spacial score (nSPS) is 14.4. The lowest BCUT2D eigenvalue weighted by Crippen LogP contribution is -2.28. The van der Waals surface area contributed by atoms with E-state index in [0.29, 0.717) is 28.9 Å². The lowest BCUT2D eigenvalue weighted by atomic mass is 10.0. The maximum atomic E-state index is 13.1. The number of amides is 1. The van der Waals surface area contributed by atoms with Crippen LogP contribution >= 0.6 is 0 Å². The quantitative estimate of drug-likeness (QED) is 0.358. The number of carbonyl (C=O) groups excluding carboxylic acids is 1. The highest BCUT2D eigenvalue weighted by Crippen LogP contribution is 2.36. The number of rotatable bonds is 6. The van der Waals surface area contributed by atoms with Gasteiger partial charge in [-0.25, -0.2) is 4.79 Å². The molecule has 0 fully saturated rings. The number of nitrogens with zero attached hydrogens (tertiary/aromatic N) is 3. The second kappa shape index (κ2) is 9.19. The zero-order valence-corrected chi connectivity index (χ0v) is 19.0. The molecule has 0 saturated heterocycles. The minimum atomic E-state index is -1.05. The molecule has 3 aromatic rings. The van der Waals surface area contributed by atoms with Crippen molar-refractivity contribution >= 4 is 34.7 Å². The van der Waals surface area contributed by atoms with Crippen molar-refractivity contribution in [1.82, 2.24) is 0 Å². The van der Waals surface area contributed by atoms with Crippen LogP contribution in [-0.4, -0.2) is 33.5 Å². The molecule has 0 aromatic heterocycles. The smallest absolute Gasteiger partial charge is 0.335 e. The highest BCUT2D eigenvalue weighted by molar-refractivity contribution is 6.71. The van der Waals surface area contributed by atoms with E-state index in [0.717, 1.165) is 11.1 Å². The number of hydrazone groups is 2. The zero-order chi connectivity index (χ0) is 24.4. The maximum absolute atomic E-state index is 13.1. The molecular formula is C26H24N4O4. The van der Waals surface area contributed by atoms with E-state index < -0.39 is 5.97 Å². The van der Waals surface area contributed by atoms with E-state index in [9.17, 15) is 19.8 Å². The molecule has 8 heteroatoms. The summed E-state index contributed by atoms with van der Waals surface area (Å²) >= 11 is 0. The third kappa shape index (κ3) is 4.25. The largest absolute Gasteiger partial charge is 0.505 e. The lowest BCUT2D eigenvalue weighted by Gasteiger charge is -2.13. The van der Waals surface area contributed by atoms with Gasteiger partial charge in [0.1, 0.15) is 5.75 Å². The van der Waals surface area contributed by atoms with Crippen molar-refractivity contribution in [3.05, 3.63) is 77.4 Å². The Morgan fingerprint density at radius 2 is 1.82 bits per heavy atom. The van der Waals surface area contributed by atoms with Gasteiger partial charge in [-0.2, -0.15) is 15.2 Å². The summed E-state index contributed by atoms with van der Waals surface area (Å²) in [6, 6.07) is 17.0. The van der Waals surface area contributed by atoms with Gasteiger partial charge in [0.2, 0.25) is 0 Å². The minimum absolute atomic E-state index is 0.110. The number of carboxylic acid groups (broad SMARTS) is 1. The molecule has 0 saturated carbocycles. The van der Waals surface area contributed by atoms with E-state index >= 15 is 0 Å². The fourth-order valence-corrected chi connectivity index (χ4v) is 3.62. The molecule has 0 spiro atoms. The van der Waals surface area contributed by atoms with Gasteiger partial charge in [-0.1, -0.05) is 37.3 Å². The van der Waals surface area contributed by atoms with Crippen molar-refractivity contribution in [3.63, 3.8) is 0 Å². The molecule has 172 valence electrons. The van der Waals surface area contributed by atoms with Gasteiger partial charge in [0.25, 0.3) is 0 Å². The van der Waals surface area contributed by atoms with Crippen LogP contribution in [0.3, 0.4) is 0 Å². The number of aromatic carboxylic acids is 1. The van der Waals surface area contributed by atoms with Gasteiger partial charge in [0.15, 0.2) is 5.71 Å². The Morgan fingerprint density at radius 1 is 1.06 bits per heavy atom. The van der Waals surface area contributed by atoms with Crippen LogP contribution < -0.4 is 10.4 Å². The molecular weight excluding hydrogens is 432 g/mol. The summed E-state index contributed by atoms with van der Waals surface area (Å²) < 4.78 is 0. The molecule has 1 amide bonds. The minimum Gasteiger partial charge on any atom is -0.505 e. The Kier molecular flexibility index (Phi) is 6.14. The Balaban J connectivity index is 1.63. The van der Waals surface area contributed by atoms with Gasteiger partial charge in [0.05, 0.1) is 22.6 Å². The van der Waals surface area contributed by atoms with E-state index in [1.54, 1.807) is 30.3 Å². The van der Waals surface area contributed by atoms with E-state index in [2.05, 4.69) is 15.6 Å². The first-order chi connectivity index (χ1) is 16.3. The van der Waals surface area contributed by atoms with Gasteiger partial charge in [-0.05, 0) is 67.3 Å². The summed E-state index contributed by atoms with van der Waals surface area (Å²) in [5.41, 5.74) is 7.68. The van der Waals surface area contributed by atoms with Gasteiger partial charge in [-0.3, -0.25) is 10.2 Å². The number of phenols is 1. The molecule has 4 rings (SSSR count). The summed E-state index contributed by atoms with van der Waals surface area (Å²) in [6.45, 7) is 5.86. The van der Waals surface area contributed by atoms with Gasteiger partial charge in [-0.15, -0.1) is 0 Å². The van der Waals surface area contributed by atoms with Crippen LogP contribution in [-0.2, 0) is 4.79 Å². The molecule has 0 aliphatic carbocycles. The van der Waals surface area contributed by atoms with Crippen molar-refractivity contribution in [2.75, 3.05) is 10.4 Å². The molecule has 3 N–H and O–H groups in total. The van der Waals surface area contributed by atoms with Crippen LogP contribution in [0.4, 0.5) is 11.4 Å². The Labute approximate surface area is 196 Å². The standard InChI is InChI=1S/C26H24N4O4/c1-4-21-23(25(32)30(29-21)19-12-11-15(2)16(3)13-19)28-27-22-10-6-9-20(24(22)31)17-7-5-8-18(14-17)26(33)34/h5-14,27,31H,4H2,1-3H3,(H,33,34). The average Bonchev–Trinajstić information content (AvgIpc) is 3.15. The summed E-state index contributed by atoms with van der Waals surface area (Å²) in [7, 11) is 0. The van der Waals surface area contributed by atoms with Crippen molar-refractivity contribution < 1.29 is 19.8 Å². The van der Waals surface area contributed by atoms with Crippen LogP contribution in [0.25, 0.3) is 11.1 Å². The number of benzene rings is 3. The number of anilines is 2. The number of hydrogen-bond donors (Lipinski definition) is 3. The molecule has 0 unspecified atom stereocenters. The number of carboxylic acids is 1. The fourth-order valence-electron chi connectivity index (χ4n) is 3.62. The zero-order valence-electron chi connectivity index (χ0n) is 19.0. The van der Waals surface area contributed by atoms with Crippen molar-refractivity contribution in [2.24, 2.45) is 10.2 Å².